The van der Waals surface area contributed by atoms with Gasteiger partial charge in [0.2, 0.25) is 0 Å². The molecular formula is C20H26O2. The zero-order valence-electron chi connectivity index (χ0n) is 13.5. The minimum Gasteiger partial charge on any atom is -0.508 e. The number of hydrogen-bond donors (Lipinski definition) is 2. The summed E-state index contributed by atoms with van der Waals surface area (Å²) >= 11 is 0. The second-order valence-corrected chi connectivity index (χ2v) is 7.30. The third-order valence-corrected chi connectivity index (χ3v) is 5.25. The van der Waals surface area contributed by atoms with E-state index in [1.165, 1.54) is 17.6 Å². The zero-order valence-corrected chi connectivity index (χ0v) is 13.5. The highest BCUT2D eigenvalue weighted by Gasteiger charge is 2.41. The lowest BCUT2D eigenvalue weighted by Crippen LogP contribution is -2.37. The summed E-state index contributed by atoms with van der Waals surface area (Å²) in [5.74, 6) is 1.68. The highest BCUT2D eigenvalue weighted by molar-refractivity contribution is 5.45. The summed E-state index contributed by atoms with van der Waals surface area (Å²) < 4.78 is 0. The Labute approximate surface area is 133 Å². The van der Waals surface area contributed by atoms with Crippen molar-refractivity contribution in [1.82, 2.24) is 0 Å². The van der Waals surface area contributed by atoms with E-state index in [0.717, 1.165) is 12.8 Å². The van der Waals surface area contributed by atoms with E-state index in [1.807, 2.05) is 6.08 Å². The molecule has 2 aliphatic carbocycles. The summed E-state index contributed by atoms with van der Waals surface area (Å²) in [6, 6.07) is 7.73. The molecule has 3 atom stereocenters. The third-order valence-electron chi connectivity index (χ3n) is 5.25. The van der Waals surface area contributed by atoms with Crippen LogP contribution in [0.5, 0.6) is 5.75 Å². The van der Waals surface area contributed by atoms with Crippen LogP contribution in [-0.4, -0.2) is 16.3 Å². The molecule has 0 saturated heterocycles. The van der Waals surface area contributed by atoms with Gasteiger partial charge in [-0.05, 0) is 60.8 Å². The van der Waals surface area contributed by atoms with Crippen LogP contribution in [0.15, 0.2) is 48.1 Å². The summed E-state index contributed by atoms with van der Waals surface area (Å²) in [4.78, 5) is 0. The second-order valence-electron chi connectivity index (χ2n) is 7.30. The zero-order chi connectivity index (χ0) is 15.7. The van der Waals surface area contributed by atoms with Crippen LogP contribution in [0.2, 0.25) is 0 Å². The van der Waals surface area contributed by atoms with Gasteiger partial charge in [-0.2, -0.15) is 0 Å². The molecule has 0 radical (unpaired) electrons. The summed E-state index contributed by atoms with van der Waals surface area (Å²) in [6.07, 6.45) is 10.1. The number of benzene rings is 1. The van der Waals surface area contributed by atoms with Gasteiger partial charge in [0.1, 0.15) is 5.75 Å². The monoisotopic (exact) mass is 298 g/mol. The summed E-state index contributed by atoms with van der Waals surface area (Å²) in [5, 5.41) is 19.4. The molecule has 3 rings (SSSR count). The van der Waals surface area contributed by atoms with Gasteiger partial charge in [0.05, 0.1) is 6.10 Å². The SMILES string of the molecule is CC1CC(C)CC(C2=CCC(O)C=C2)(c2ccc(O)cc2)C1. The molecule has 2 nitrogen and oxygen atoms in total. The molecule has 0 amide bonds. The minimum atomic E-state index is -0.348. The molecule has 0 spiro atoms. The third kappa shape index (κ3) is 2.85. The van der Waals surface area contributed by atoms with Gasteiger partial charge in [0, 0.05) is 5.41 Å². The number of aliphatic hydroxyl groups excluding tert-OH is 1. The van der Waals surface area contributed by atoms with E-state index in [2.05, 4.69) is 38.1 Å². The number of hydrogen-bond acceptors (Lipinski definition) is 2. The molecule has 22 heavy (non-hydrogen) atoms. The molecule has 0 aromatic heterocycles. The topological polar surface area (TPSA) is 40.5 Å². The van der Waals surface area contributed by atoms with Crippen molar-refractivity contribution in [1.29, 1.82) is 0 Å². The van der Waals surface area contributed by atoms with Gasteiger partial charge in [-0.15, -0.1) is 0 Å². The fourth-order valence-corrected chi connectivity index (χ4v) is 4.51. The van der Waals surface area contributed by atoms with E-state index in [1.54, 1.807) is 12.1 Å². The van der Waals surface area contributed by atoms with Crippen LogP contribution >= 0.6 is 0 Å². The Morgan fingerprint density at radius 1 is 1.05 bits per heavy atom. The van der Waals surface area contributed by atoms with Gasteiger partial charge in [-0.3, -0.25) is 0 Å². The van der Waals surface area contributed by atoms with E-state index in [4.69, 9.17) is 0 Å². The minimum absolute atomic E-state index is 0.0153. The lowest BCUT2D eigenvalue weighted by Gasteiger charge is -2.45. The maximum Gasteiger partial charge on any atom is 0.115 e. The number of rotatable bonds is 2. The molecule has 2 heteroatoms. The number of aliphatic hydroxyl groups is 1. The Balaban J connectivity index is 2.06. The maximum absolute atomic E-state index is 9.76. The maximum atomic E-state index is 9.76. The largest absolute Gasteiger partial charge is 0.508 e. The Morgan fingerprint density at radius 2 is 1.68 bits per heavy atom. The van der Waals surface area contributed by atoms with Gasteiger partial charge < -0.3 is 10.2 Å². The highest BCUT2D eigenvalue weighted by atomic mass is 16.3. The van der Waals surface area contributed by atoms with Crippen molar-refractivity contribution in [2.24, 2.45) is 11.8 Å². The first-order chi connectivity index (χ1) is 10.5. The number of aromatic hydroxyl groups is 1. The first-order valence-electron chi connectivity index (χ1n) is 8.36. The van der Waals surface area contributed by atoms with Crippen LogP contribution in [-0.2, 0) is 5.41 Å². The van der Waals surface area contributed by atoms with Crippen LogP contribution in [0.25, 0.3) is 0 Å². The van der Waals surface area contributed by atoms with Gasteiger partial charge in [-0.25, -0.2) is 0 Å². The molecule has 1 aromatic rings. The van der Waals surface area contributed by atoms with Crippen molar-refractivity contribution in [2.45, 2.75) is 51.0 Å². The molecular weight excluding hydrogens is 272 g/mol. The standard InChI is InChI=1S/C20H26O2/c1-14-11-15(2)13-20(12-14,16-3-7-18(21)8-4-16)17-5-9-19(22)10-6-17/h3-9,14-15,19,21-22H,10-13H2,1-2H3. The van der Waals surface area contributed by atoms with Crippen LogP contribution < -0.4 is 0 Å². The molecule has 2 aliphatic rings. The van der Waals surface area contributed by atoms with Crippen molar-refractivity contribution in [3.63, 3.8) is 0 Å². The van der Waals surface area contributed by atoms with Crippen molar-refractivity contribution < 1.29 is 10.2 Å². The molecule has 118 valence electrons. The van der Waals surface area contributed by atoms with E-state index < -0.39 is 0 Å². The second kappa shape index (κ2) is 5.92. The van der Waals surface area contributed by atoms with Crippen LogP contribution in [0, 0.1) is 11.8 Å². The molecule has 0 bridgehead atoms. The van der Waals surface area contributed by atoms with Crippen molar-refractivity contribution in [3.05, 3.63) is 53.6 Å². The Bertz CT molecular complexity index is 572. The highest BCUT2D eigenvalue weighted by Crippen LogP contribution is 2.50. The predicted octanol–water partition coefficient (Wildman–Crippen LogP) is 4.33. The molecule has 1 saturated carbocycles. The lowest BCUT2D eigenvalue weighted by atomic mass is 9.59. The normalized spacial score (nSPS) is 35.2. The Kier molecular flexibility index (Phi) is 4.14. The lowest BCUT2D eigenvalue weighted by molar-refractivity contribution is 0.202. The Hall–Kier alpha value is -1.54. The molecule has 1 fully saturated rings. The average molecular weight is 298 g/mol. The van der Waals surface area contributed by atoms with Crippen LogP contribution in [0.3, 0.4) is 0 Å². The van der Waals surface area contributed by atoms with Crippen molar-refractivity contribution in [3.8, 4) is 5.75 Å². The van der Waals surface area contributed by atoms with Crippen molar-refractivity contribution >= 4 is 0 Å². The quantitative estimate of drug-likeness (QED) is 0.853. The van der Waals surface area contributed by atoms with Crippen molar-refractivity contribution in [2.75, 3.05) is 0 Å². The van der Waals surface area contributed by atoms with E-state index in [-0.39, 0.29) is 11.5 Å². The van der Waals surface area contributed by atoms with Gasteiger partial charge in [-0.1, -0.05) is 44.2 Å². The predicted molar refractivity (Wildman–Crippen MR) is 89.8 cm³/mol. The summed E-state index contributed by atoms with van der Waals surface area (Å²) in [5.41, 5.74) is 2.64. The molecule has 1 aromatic carbocycles. The van der Waals surface area contributed by atoms with E-state index in [9.17, 15) is 10.2 Å². The summed E-state index contributed by atoms with van der Waals surface area (Å²) in [7, 11) is 0. The van der Waals surface area contributed by atoms with E-state index in [0.29, 0.717) is 24.0 Å². The van der Waals surface area contributed by atoms with E-state index >= 15 is 0 Å². The van der Waals surface area contributed by atoms with Crippen LogP contribution in [0.4, 0.5) is 0 Å². The number of phenolic OH excluding ortho intramolecular Hbond substituents is 1. The molecule has 2 N–H and O–H groups in total. The first kappa shape index (κ1) is 15.4. The molecule has 0 heterocycles. The number of phenols is 1. The fourth-order valence-electron chi connectivity index (χ4n) is 4.51. The molecule has 3 unspecified atom stereocenters. The first-order valence-corrected chi connectivity index (χ1v) is 8.36. The number of allylic oxidation sites excluding steroid dienone is 2. The van der Waals surface area contributed by atoms with Gasteiger partial charge >= 0.3 is 0 Å². The van der Waals surface area contributed by atoms with Crippen LogP contribution in [0.1, 0.15) is 45.1 Å². The smallest absolute Gasteiger partial charge is 0.115 e. The average Bonchev–Trinajstić information content (AvgIpc) is 2.47. The summed E-state index contributed by atoms with van der Waals surface area (Å²) in [6.45, 7) is 4.68. The Morgan fingerprint density at radius 3 is 2.23 bits per heavy atom. The molecule has 0 aliphatic heterocycles. The van der Waals surface area contributed by atoms with Gasteiger partial charge in [0.15, 0.2) is 0 Å². The van der Waals surface area contributed by atoms with Gasteiger partial charge in [0.25, 0.3) is 0 Å². The fraction of sp³-hybridized carbons (Fsp3) is 0.500.